The van der Waals surface area contributed by atoms with E-state index >= 15 is 0 Å². The Labute approximate surface area is 400 Å². The lowest BCUT2D eigenvalue weighted by Gasteiger charge is -2.18. The van der Waals surface area contributed by atoms with Crippen LogP contribution in [-0.2, 0) is 28.6 Å². The standard InChI is InChI=1S/C59H98O6/c1-4-7-10-13-16-19-22-25-28-29-32-34-37-40-43-46-49-52-58(61)64-55-56(65-59(62)53-50-47-44-41-38-35-31-27-24-21-18-15-12-9-6-3)54-63-57(60)51-48-45-42-39-36-33-30-26-23-20-17-14-11-8-5-2/h7,10,16,18-19,21,25-28,30-32,34,40,43,56H,4-6,8-9,11-15,17,20,22-24,29,33,35-39,41-42,44-55H2,1-3H3/b10-7-,19-16-,21-18-,28-25-,30-26-,31-27-,34-32-,43-40-/t56-/m1/s1. The molecule has 1 atom stereocenters. The van der Waals surface area contributed by atoms with Crippen LogP contribution in [0.4, 0.5) is 0 Å². The van der Waals surface area contributed by atoms with Crippen LogP contribution in [0.25, 0.3) is 0 Å². The van der Waals surface area contributed by atoms with E-state index in [2.05, 4.69) is 118 Å². The normalized spacial score (nSPS) is 12.8. The third-order valence-corrected chi connectivity index (χ3v) is 11.0. The first-order chi connectivity index (χ1) is 32.0. The highest BCUT2D eigenvalue weighted by Crippen LogP contribution is 2.13. The van der Waals surface area contributed by atoms with Gasteiger partial charge in [-0.15, -0.1) is 0 Å². The molecule has 370 valence electrons. The molecule has 0 radical (unpaired) electrons. The minimum Gasteiger partial charge on any atom is -0.462 e. The van der Waals surface area contributed by atoms with Gasteiger partial charge in [0.2, 0.25) is 0 Å². The molecule has 0 aromatic carbocycles. The molecule has 6 heteroatoms. The van der Waals surface area contributed by atoms with Gasteiger partial charge in [-0.1, -0.05) is 201 Å². The van der Waals surface area contributed by atoms with Crippen LogP contribution in [0.1, 0.15) is 239 Å². The molecule has 0 rings (SSSR count). The Morgan fingerprint density at radius 2 is 0.615 bits per heavy atom. The van der Waals surface area contributed by atoms with Crippen LogP contribution in [0.5, 0.6) is 0 Å². The summed E-state index contributed by atoms with van der Waals surface area (Å²) in [5, 5.41) is 0. The summed E-state index contributed by atoms with van der Waals surface area (Å²) in [4.78, 5) is 38.0. The molecule has 0 heterocycles. The Morgan fingerprint density at radius 3 is 1.05 bits per heavy atom. The number of carbonyl (C=O) groups excluding carboxylic acids is 3. The molecule has 65 heavy (non-hydrogen) atoms. The van der Waals surface area contributed by atoms with E-state index in [9.17, 15) is 14.4 Å². The smallest absolute Gasteiger partial charge is 0.306 e. The van der Waals surface area contributed by atoms with E-state index in [0.717, 1.165) is 116 Å². The minimum atomic E-state index is -0.812. The van der Waals surface area contributed by atoms with Crippen LogP contribution >= 0.6 is 0 Å². The van der Waals surface area contributed by atoms with Crippen LogP contribution in [0.3, 0.4) is 0 Å². The van der Waals surface area contributed by atoms with Gasteiger partial charge in [0, 0.05) is 19.3 Å². The SMILES string of the molecule is CC/C=C\C/C=C\C/C=C\C/C=C\C/C=C\CCCC(=O)OC[C@@H](COC(=O)CCCCCCC/C=C\CCCCCCCC)OC(=O)CCCCCCC/C=C\C/C=C\CCCCC. The first-order valence-electron chi connectivity index (χ1n) is 26.7. The van der Waals surface area contributed by atoms with Crippen molar-refractivity contribution in [1.29, 1.82) is 0 Å². The second kappa shape index (κ2) is 52.9. The maximum atomic E-state index is 12.8. The summed E-state index contributed by atoms with van der Waals surface area (Å²) in [6, 6.07) is 0. The van der Waals surface area contributed by atoms with Crippen LogP contribution in [0, 0.1) is 0 Å². The maximum Gasteiger partial charge on any atom is 0.306 e. The highest BCUT2D eigenvalue weighted by atomic mass is 16.6. The Morgan fingerprint density at radius 1 is 0.323 bits per heavy atom. The summed E-state index contributed by atoms with van der Waals surface area (Å²) in [6.45, 7) is 6.42. The first-order valence-corrected chi connectivity index (χ1v) is 26.7. The fourth-order valence-electron chi connectivity index (χ4n) is 7.03. The number of rotatable bonds is 47. The number of ether oxygens (including phenoxy) is 3. The number of hydrogen-bond acceptors (Lipinski definition) is 6. The number of carbonyl (C=O) groups is 3. The topological polar surface area (TPSA) is 78.9 Å². The van der Waals surface area contributed by atoms with E-state index in [1.165, 1.54) is 77.0 Å². The zero-order chi connectivity index (χ0) is 47.2. The zero-order valence-electron chi connectivity index (χ0n) is 42.2. The summed E-state index contributed by atoms with van der Waals surface area (Å²) in [6.07, 6.45) is 69.6. The highest BCUT2D eigenvalue weighted by molar-refractivity contribution is 5.71. The third kappa shape index (κ3) is 51.2. The molecule has 0 aliphatic rings. The van der Waals surface area contributed by atoms with E-state index in [-0.39, 0.29) is 37.5 Å². The quantitative estimate of drug-likeness (QED) is 0.0262. The van der Waals surface area contributed by atoms with Gasteiger partial charge in [-0.25, -0.2) is 0 Å². The fraction of sp³-hybridized carbons (Fsp3) is 0.678. The van der Waals surface area contributed by atoms with Gasteiger partial charge in [-0.3, -0.25) is 14.4 Å². The molecule has 0 aromatic rings. The summed E-state index contributed by atoms with van der Waals surface area (Å²) < 4.78 is 16.8. The Hall–Kier alpha value is -3.67. The fourth-order valence-corrected chi connectivity index (χ4v) is 7.03. The molecule has 0 amide bonds. The average molecular weight is 903 g/mol. The Balaban J connectivity index is 4.52. The van der Waals surface area contributed by atoms with E-state index in [1.54, 1.807) is 0 Å². The molecule has 0 saturated carbocycles. The van der Waals surface area contributed by atoms with Crippen molar-refractivity contribution in [2.75, 3.05) is 13.2 Å². The summed E-state index contributed by atoms with van der Waals surface area (Å²) in [5.41, 5.74) is 0. The molecule has 6 nitrogen and oxygen atoms in total. The molecule has 0 unspecified atom stereocenters. The van der Waals surface area contributed by atoms with Crippen molar-refractivity contribution in [1.82, 2.24) is 0 Å². The number of hydrogen-bond donors (Lipinski definition) is 0. The third-order valence-electron chi connectivity index (χ3n) is 11.0. The van der Waals surface area contributed by atoms with Crippen molar-refractivity contribution in [3.63, 3.8) is 0 Å². The second-order valence-corrected chi connectivity index (χ2v) is 17.4. The van der Waals surface area contributed by atoms with Crippen molar-refractivity contribution in [3.05, 3.63) is 97.2 Å². The molecule has 0 aromatic heterocycles. The average Bonchev–Trinajstić information content (AvgIpc) is 3.30. The van der Waals surface area contributed by atoms with E-state index in [1.807, 2.05) is 0 Å². The molecule has 0 aliphatic carbocycles. The van der Waals surface area contributed by atoms with Gasteiger partial charge in [-0.2, -0.15) is 0 Å². The van der Waals surface area contributed by atoms with Gasteiger partial charge in [0.05, 0.1) is 0 Å². The van der Waals surface area contributed by atoms with E-state index < -0.39 is 6.10 Å². The van der Waals surface area contributed by atoms with Crippen LogP contribution in [0.15, 0.2) is 97.2 Å². The molecule has 0 aliphatic heterocycles. The lowest BCUT2D eigenvalue weighted by molar-refractivity contribution is -0.167. The van der Waals surface area contributed by atoms with Gasteiger partial charge >= 0.3 is 17.9 Å². The largest absolute Gasteiger partial charge is 0.462 e. The van der Waals surface area contributed by atoms with Gasteiger partial charge in [0.1, 0.15) is 13.2 Å². The van der Waals surface area contributed by atoms with E-state index in [0.29, 0.717) is 19.3 Å². The molecule has 0 fully saturated rings. The van der Waals surface area contributed by atoms with Crippen LogP contribution in [0.2, 0.25) is 0 Å². The van der Waals surface area contributed by atoms with Crippen molar-refractivity contribution < 1.29 is 28.6 Å². The van der Waals surface area contributed by atoms with Crippen molar-refractivity contribution in [2.45, 2.75) is 245 Å². The summed E-state index contributed by atoms with van der Waals surface area (Å²) in [5.74, 6) is -0.990. The highest BCUT2D eigenvalue weighted by Gasteiger charge is 2.19. The number of esters is 3. The molecular formula is C59H98O6. The maximum absolute atomic E-state index is 12.8. The summed E-state index contributed by atoms with van der Waals surface area (Å²) in [7, 11) is 0. The minimum absolute atomic E-state index is 0.106. The van der Waals surface area contributed by atoms with Crippen molar-refractivity contribution in [2.24, 2.45) is 0 Å². The number of allylic oxidation sites excluding steroid dienone is 16. The molecule has 0 saturated heterocycles. The van der Waals surface area contributed by atoms with Crippen molar-refractivity contribution >= 4 is 17.9 Å². The first kappa shape index (κ1) is 61.3. The summed E-state index contributed by atoms with van der Waals surface area (Å²) >= 11 is 0. The number of unbranched alkanes of at least 4 members (excludes halogenated alkanes) is 20. The van der Waals surface area contributed by atoms with Gasteiger partial charge < -0.3 is 14.2 Å². The van der Waals surface area contributed by atoms with Gasteiger partial charge in [0.15, 0.2) is 6.10 Å². The van der Waals surface area contributed by atoms with Crippen LogP contribution < -0.4 is 0 Å². The predicted octanol–water partition coefficient (Wildman–Crippen LogP) is 17.8. The lowest BCUT2D eigenvalue weighted by Crippen LogP contribution is -2.30. The monoisotopic (exact) mass is 903 g/mol. The second-order valence-electron chi connectivity index (χ2n) is 17.4. The predicted molar refractivity (Wildman–Crippen MR) is 279 cm³/mol. The van der Waals surface area contributed by atoms with Crippen LogP contribution in [-0.4, -0.2) is 37.2 Å². The lowest BCUT2D eigenvalue weighted by atomic mass is 10.1. The Bertz CT molecular complexity index is 1310. The molecule has 0 spiro atoms. The van der Waals surface area contributed by atoms with Crippen molar-refractivity contribution in [3.8, 4) is 0 Å². The molecule has 0 N–H and O–H groups in total. The molecule has 0 bridgehead atoms. The molecular weight excluding hydrogens is 805 g/mol. The van der Waals surface area contributed by atoms with Gasteiger partial charge in [-0.05, 0) is 116 Å². The zero-order valence-corrected chi connectivity index (χ0v) is 42.2. The van der Waals surface area contributed by atoms with Gasteiger partial charge in [0.25, 0.3) is 0 Å². The van der Waals surface area contributed by atoms with E-state index in [4.69, 9.17) is 14.2 Å². The Kier molecular flexibility index (Phi) is 50.0.